The second kappa shape index (κ2) is 13.6. The number of hydrogen-bond donors (Lipinski definition) is 0. The van der Waals surface area contributed by atoms with Crippen molar-refractivity contribution in [3.05, 3.63) is 218 Å². The highest BCUT2D eigenvalue weighted by Crippen LogP contribution is 2.42. The van der Waals surface area contributed by atoms with Gasteiger partial charge < -0.3 is 18.3 Å². The summed E-state index contributed by atoms with van der Waals surface area (Å²) >= 11 is 0. The highest BCUT2D eigenvalue weighted by atomic mass is 16.3. The Bertz CT molecular complexity index is 3800. The summed E-state index contributed by atoms with van der Waals surface area (Å²) in [5.74, 6) is 0. The van der Waals surface area contributed by atoms with E-state index in [4.69, 9.17) is 8.83 Å². The molecule has 3 aromatic heterocycles. The molecule has 0 radical (unpaired) electrons. The first-order chi connectivity index (χ1) is 30.7. The fourth-order valence-corrected chi connectivity index (χ4v) is 9.69. The van der Waals surface area contributed by atoms with E-state index in [-0.39, 0.29) is 0 Å². The SMILES string of the molecule is c1ccc2c(c1)ccc1c2oc2cccc(-c3ccc(N(c4ccc(-c5ccc6c(c5)oc5ccccc56)cc4)c4ccc(-n5c6ccccc6c6ccccc65)cc4)cc3)c21. The van der Waals surface area contributed by atoms with E-state index in [1.165, 1.54) is 27.2 Å². The zero-order valence-corrected chi connectivity index (χ0v) is 33.5. The Labute approximate surface area is 356 Å². The van der Waals surface area contributed by atoms with Gasteiger partial charge in [0.15, 0.2) is 0 Å². The van der Waals surface area contributed by atoms with Crippen LogP contribution in [0.5, 0.6) is 0 Å². The lowest BCUT2D eigenvalue weighted by molar-refractivity contribution is 0.669. The predicted octanol–water partition coefficient (Wildman–Crippen LogP) is 16.5. The molecule has 4 heteroatoms. The van der Waals surface area contributed by atoms with Crippen LogP contribution in [0.25, 0.3) is 104 Å². The molecule has 0 bridgehead atoms. The lowest BCUT2D eigenvalue weighted by Gasteiger charge is -2.26. The molecular formula is C58H36N2O2. The number of furan rings is 2. The van der Waals surface area contributed by atoms with E-state index in [0.29, 0.717) is 0 Å². The van der Waals surface area contributed by atoms with Crippen molar-refractivity contribution < 1.29 is 8.83 Å². The number of benzene rings is 10. The summed E-state index contributed by atoms with van der Waals surface area (Å²) in [6, 6.07) is 78.0. The van der Waals surface area contributed by atoms with E-state index in [0.717, 1.165) is 94.3 Å². The van der Waals surface area contributed by atoms with Crippen molar-refractivity contribution in [1.29, 1.82) is 0 Å². The van der Waals surface area contributed by atoms with Gasteiger partial charge in [-0.25, -0.2) is 0 Å². The number of rotatable bonds is 6. The van der Waals surface area contributed by atoms with Gasteiger partial charge in [-0.3, -0.25) is 0 Å². The molecule has 0 aliphatic rings. The van der Waals surface area contributed by atoms with E-state index in [9.17, 15) is 0 Å². The molecule has 10 aromatic carbocycles. The predicted molar refractivity (Wildman–Crippen MR) is 258 cm³/mol. The minimum absolute atomic E-state index is 0.891. The smallest absolute Gasteiger partial charge is 0.143 e. The van der Waals surface area contributed by atoms with Gasteiger partial charge in [-0.1, -0.05) is 127 Å². The fraction of sp³-hybridized carbons (Fsp3) is 0. The number of nitrogens with zero attached hydrogens (tertiary/aromatic N) is 2. The maximum Gasteiger partial charge on any atom is 0.143 e. The molecule has 0 unspecified atom stereocenters. The Morgan fingerprint density at radius 1 is 0.339 bits per heavy atom. The zero-order valence-electron chi connectivity index (χ0n) is 33.5. The number of hydrogen-bond acceptors (Lipinski definition) is 3. The van der Waals surface area contributed by atoms with Gasteiger partial charge in [0.25, 0.3) is 0 Å². The van der Waals surface area contributed by atoms with E-state index in [1.54, 1.807) is 0 Å². The Morgan fingerprint density at radius 2 is 0.887 bits per heavy atom. The molecule has 13 aromatic rings. The van der Waals surface area contributed by atoms with Crippen LogP contribution in [0.3, 0.4) is 0 Å². The van der Waals surface area contributed by atoms with Crippen LogP contribution in [-0.2, 0) is 0 Å². The van der Waals surface area contributed by atoms with Crippen LogP contribution in [0.1, 0.15) is 0 Å². The highest BCUT2D eigenvalue weighted by Gasteiger charge is 2.18. The summed E-state index contributed by atoms with van der Waals surface area (Å²) in [6.07, 6.45) is 0. The van der Waals surface area contributed by atoms with Crippen LogP contribution in [0.4, 0.5) is 17.1 Å². The lowest BCUT2D eigenvalue weighted by Crippen LogP contribution is -2.10. The monoisotopic (exact) mass is 792 g/mol. The Balaban J connectivity index is 0.916. The van der Waals surface area contributed by atoms with Gasteiger partial charge in [-0.15, -0.1) is 0 Å². The summed E-state index contributed by atoms with van der Waals surface area (Å²) < 4.78 is 15.2. The lowest BCUT2D eigenvalue weighted by atomic mass is 9.98. The third-order valence-electron chi connectivity index (χ3n) is 12.6. The minimum Gasteiger partial charge on any atom is -0.456 e. The van der Waals surface area contributed by atoms with Crippen molar-refractivity contribution >= 4 is 93.5 Å². The van der Waals surface area contributed by atoms with E-state index in [2.05, 4.69) is 216 Å². The van der Waals surface area contributed by atoms with Crippen LogP contribution in [-0.4, -0.2) is 4.57 Å². The maximum atomic E-state index is 6.55. The molecule has 0 aliphatic carbocycles. The number of para-hydroxylation sites is 3. The molecule has 0 N–H and O–H groups in total. The van der Waals surface area contributed by atoms with Gasteiger partial charge in [0.1, 0.15) is 22.3 Å². The topological polar surface area (TPSA) is 34.5 Å². The van der Waals surface area contributed by atoms with E-state index >= 15 is 0 Å². The molecule has 0 atom stereocenters. The summed E-state index contributed by atoms with van der Waals surface area (Å²) in [7, 11) is 0. The molecule has 0 saturated carbocycles. The normalized spacial score (nSPS) is 11.9. The van der Waals surface area contributed by atoms with E-state index in [1.807, 2.05) is 12.1 Å². The molecule has 0 fully saturated rings. The van der Waals surface area contributed by atoms with Crippen molar-refractivity contribution in [2.24, 2.45) is 0 Å². The molecule has 0 aliphatic heterocycles. The third-order valence-corrected chi connectivity index (χ3v) is 12.6. The number of fused-ring (bicyclic) bond motifs is 11. The summed E-state index contributed by atoms with van der Waals surface area (Å²) in [5, 5.41) is 9.33. The molecule has 3 heterocycles. The van der Waals surface area contributed by atoms with Crippen molar-refractivity contribution in [3.63, 3.8) is 0 Å². The molecule has 13 rings (SSSR count). The number of anilines is 3. The van der Waals surface area contributed by atoms with Gasteiger partial charge in [-0.2, -0.15) is 0 Å². The Kier molecular flexibility index (Phi) is 7.57. The summed E-state index contributed by atoms with van der Waals surface area (Å²) in [5.41, 5.74) is 14.8. The molecule has 0 amide bonds. The van der Waals surface area contributed by atoms with E-state index < -0.39 is 0 Å². The first-order valence-electron chi connectivity index (χ1n) is 21.1. The summed E-state index contributed by atoms with van der Waals surface area (Å²) in [6.45, 7) is 0. The fourth-order valence-electron chi connectivity index (χ4n) is 9.69. The molecular weight excluding hydrogens is 757 g/mol. The molecule has 0 spiro atoms. The molecule has 0 saturated heterocycles. The van der Waals surface area contributed by atoms with Crippen LogP contribution < -0.4 is 4.90 Å². The van der Waals surface area contributed by atoms with Crippen molar-refractivity contribution in [3.8, 4) is 27.9 Å². The third kappa shape index (κ3) is 5.33. The quantitative estimate of drug-likeness (QED) is 0.168. The van der Waals surface area contributed by atoms with Gasteiger partial charge >= 0.3 is 0 Å². The van der Waals surface area contributed by atoms with Gasteiger partial charge in [0.05, 0.1) is 11.0 Å². The first-order valence-corrected chi connectivity index (χ1v) is 21.1. The standard InChI is InChI=1S/C58H36N2O2/c1-2-11-46-38(10-1)24-35-51-57-45(15-9-19-55(57)62-58(46)51)39-22-28-42(29-23-39)59(41-26-20-37(21-27-41)40-25-34-50-49-14-5-8-18-54(49)61-56(50)36-40)43-30-32-44(33-31-43)60-52-16-6-3-12-47(52)48-13-4-7-17-53(48)60/h1-36H. The van der Waals surface area contributed by atoms with Crippen LogP contribution >= 0.6 is 0 Å². The van der Waals surface area contributed by atoms with Gasteiger partial charge in [0.2, 0.25) is 0 Å². The second-order valence-electron chi connectivity index (χ2n) is 16.1. The van der Waals surface area contributed by atoms with Gasteiger partial charge in [-0.05, 0) is 119 Å². The summed E-state index contributed by atoms with van der Waals surface area (Å²) in [4.78, 5) is 2.34. The van der Waals surface area contributed by atoms with Crippen molar-refractivity contribution in [1.82, 2.24) is 4.57 Å². The zero-order chi connectivity index (χ0) is 40.7. The maximum absolute atomic E-state index is 6.55. The largest absolute Gasteiger partial charge is 0.456 e. The first kappa shape index (κ1) is 34.5. The molecule has 62 heavy (non-hydrogen) atoms. The Morgan fingerprint density at radius 3 is 1.61 bits per heavy atom. The Hall–Kier alpha value is -8.34. The average Bonchev–Trinajstić information content (AvgIpc) is 4.02. The van der Waals surface area contributed by atoms with Crippen LogP contribution in [0, 0.1) is 0 Å². The highest BCUT2D eigenvalue weighted by molar-refractivity contribution is 6.19. The second-order valence-corrected chi connectivity index (χ2v) is 16.1. The van der Waals surface area contributed by atoms with Gasteiger partial charge in [0, 0.05) is 60.5 Å². The average molecular weight is 793 g/mol. The van der Waals surface area contributed by atoms with Crippen molar-refractivity contribution in [2.75, 3.05) is 4.90 Å². The van der Waals surface area contributed by atoms with Crippen LogP contribution in [0.15, 0.2) is 227 Å². The number of aromatic nitrogens is 1. The molecule has 4 nitrogen and oxygen atoms in total. The van der Waals surface area contributed by atoms with Crippen molar-refractivity contribution in [2.45, 2.75) is 0 Å². The minimum atomic E-state index is 0.891. The molecule has 290 valence electrons. The van der Waals surface area contributed by atoms with Crippen LogP contribution in [0.2, 0.25) is 0 Å².